The highest BCUT2D eigenvalue weighted by atomic mass is 19.1. The minimum Gasteiger partial charge on any atom is -0.501 e. The van der Waals surface area contributed by atoms with Crippen LogP contribution in [0.3, 0.4) is 0 Å². The number of benzene rings is 1. The number of carbonyl (C=O) groups excluding carboxylic acids is 3. The summed E-state index contributed by atoms with van der Waals surface area (Å²) in [4.78, 5) is 57.7. The molecule has 10 nitrogen and oxygen atoms in total. The Hall–Kier alpha value is -3.76. The average molecular weight is 488 g/mol. The molecule has 0 aliphatic carbocycles. The van der Waals surface area contributed by atoms with Gasteiger partial charge in [-0.2, -0.15) is 0 Å². The number of hydrogen-bond acceptors (Lipinski definition) is 6. The van der Waals surface area contributed by atoms with Gasteiger partial charge in [0.05, 0.1) is 6.04 Å². The van der Waals surface area contributed by atoms with Gasteiger partial charge in [0, 0.05) is 33.7 Å². The first kappa shape index (κ1) is 25.9. The Labute approximate surface area is 202 Å². The highest BCUT2D eigenvalue weighted by Gasteiger charge is 2.35. The minimum atomic E-state index is -0.821. The number of hydrogen-bond donors (Lipinski definition) is 2. The molecule has 11 heteroatoms. The molecule has 2 aromatic rings. The predicted octanol–water partition coefficient (Wildman–Crippen LogP) is 1.66. The van der Waals surface area contributed by atoms with Crippen molar-refractivity contribution < 1.29 is 23.9 Å². The Bertz CT molecular complexity index is 1230. The van der Waals surface area contributed by atoms with E-state index in [1.54, 1.807) is 26.0 Å². The van der Waals surface area contributed by atoms with Gasteiger partial charge in [0.25, 0.3) is 11.5 Å². The van der Waals surface area contributed by atoms with E-state index in [4.69, 9.17) is 0 Å². The van der Waals surface area contributed by atoms with Gasteiger partial charge in [-0.1, -0.05) is 12.1 Å². The van der Waals surface area contributed by atoms with E-state index in [0.29, 0.717) is 30.4 Å². The molecule has 0 unspecified atom stereocenters. The summed E-state index contributed by atoms with van der Waals surface area (Å²) in [7, 11) is 4.36. The smallest absolute Gasteiger partial charge is 0.312 e. The molecule has 0 fully saturated rings. The molecular formula is C24H30FN5O5. The maximum Gasteiger partial charge on any atom is 0.312 e. The van der Waals surface area contributed by atoms with Crippen molar-refractivity contribution in [3.8, 4) is 5.75 Å². The van der Waals surface area contributed by atoms with Crippen molar-refractivity contribution in [1.82, 2.24) is 24.7 Å². The van der Waals surface area contributed by atoms with Crippen LogP contribution in [0, 0.1) is 12.7 Å². The minimum absolute atomic E-state index is 0.0505. The standard InChI is InChI=1S/C24H30FN5O5/c1-13-9-10-15(11-16(13)25)12-26-21(32)18-19(31)22(33)30-14(2)7-6-8-17(20(30)27-18)29(5)24(35)23(34)28(3)4/h9-11,14,17,31H,6-8,12H2,1-5H3,(H,26,32)/t14-,17-/m0/s1. The van der Waals surface area contributed by atoms with Crippen LogP contribution in [0.5, 0.6) is 5.75 Å². The lowest BCUT2D eigenvalue weighted by Gasteiger charge is -2.29. The van der Waals surface area contributed by atoms with Crippen LogP contribution in [0.25, 0.3) is 0 Å². The monoisotopic (exact) mass is 487 g/mol. The van der Waals surface area contributed by atoms with Crippen molar-refractivity contribution in [3.63, 3.8) is 0 Å². The van der Waals surface area contributed by atoms with Crippen molar-refractivity contribution in [1.29, 1.82) is 0 Å². The van der Waals surface area contributed by atoms with E-state index < -0.39 is 46.6 Å². The van der Waals surface area contributed by atoms with Crippen LogP contribution in [0.4, 0.5) is 4.39 Å². The highest BCUT2D eigenvalue weighted by Crippen LogP contribution is 2.32. The van der Waals surface area contributed by atoms with Crippen LogP contribution in [-0.2, 0) is 16.1 Å². The molecule has 0 radical (unpaired) electrons. The zero-order valence-electron chi connectivity index (χ0n) is 20.5. The molecular weight excluding hydrogens is 457 g/mol. The third-order valence-electron chi connectivity index (χ3n) is 6.24. The Kier molecular flexibility index (Phi) is 7.57. The molecule has 0 bridgehead atoms. The highest BCUT2D eigenvalue weighted by molar-refractivity contribution is 6.34. The van der Waals surface area contributed by atoms with E-state index in [1.165, 1.54) is 36.7 Å². The van der Waals surface area contributed by atoms with Gasteiger partial charge in [-0.05, 0) is 50.3 Å². The lowest BCUT2D eigenvalue weighted by atomic mass is 10.1. The second-order valence-corrected chi connectivity index (χ2v) is 9.02. The zero-order chi connectivity index (χ0) is 26.0. The number of halogens is 1. The summed E-state index contributed by atoms with van der Waals surface area (Å²) in [5.74, 6) is -3.45. The molecule has 1 aromatic carbocycles. The number of fused-ring (bicyclic) bond motifs is 1. The molecule has 35 heavy (non-hydrogen) atoms. The van der Waals surface area contributed by atoms with E-state index in [-0.39, 0.29) is 18.4 Å². The number of rotatable bonds is 4. The number of aromatic hydroxyl groups is 1. The summed E-state index contributed by atoms with van der Waals surface area (Å²) in [6, 6.07) is 3.41. The Balaban J connectivity index is 1.99. The van der Waals surface area contributed by atoms with Gasteiger partial charge in [-0.25, -0.2) is 9.37 Å². The number of carbonyl (C=O) groups is 3. The van der Waals surface area contributed by atoms with Gasteiger partial charge < -0.3 is 20.2 Å². The number of aryl methyl sites for hydroxylation is 1. The van der Waals surface area contributed by atoms with Gasteiger partial charge in [-0.3, -0.25) is 23.7 Å². The summed E-state index contributed by atoms with van der Waals surface area (Å²) >= 11 is 0. The number of amides is 3. The fourth-order valence-corrected chi connectivity index (χ4v) is 4.09. The molecule has 2 atom stereocenters. The topological polar surface area (TPSA) is 125 Å². The molecule has 1 aromatic heterocycles. The summed E-state index contributed by atoms with van der Waals surface area (Å²) in [6.07, 6.45) is 1.62. The molecule has 188 valence electrons. The molecule has 0 saturated heterocycles. The second kappa shape index (κ2) is 10.2. The van der Waals surface area contributed by atoms with Gasteiger partial charge >= 0.3 is 11.8 Å². The summed E-state index contributed by atoms with van der Waals surface area (Å²) in [5.41, 5.74) is -0.343. The Morgan fingerprint density at radius 2 is 1.89 bits per heavy atom. The lowest BCUT2D eigenvalue weighted by Crippen LogP contribution is -2.44. The fourth-order valence-electron chi connectivity index (χ4n) is 4.09. The predicted molar refractivity (Wildman–Crippen MR) is 125 cm³/mol. The molecule has 2 heterocycles. The van der Waals surface area contributed by atoms with Crippen LogP contribution in [0.2, 0.25) is 0 Å². The van der Waals surface area contributed by atoms with Gasteiger partial charge in [0.1, 0.15) is 11.6 Å². The first-order valence-corrected chi connectivity index (χ1v) is 11.3. The molecule has 1 aliphatic heterocycles. The van der Waals surface area contributed by atoms with Crippen LogP contribution >= 0.6 is 0 Å². The normalized spacial score (nSPS) is 17.2. The summed E-state index contributed by atoms with van der Waals surface area (Å²) in [5, 5.41) is 13.1. The lowest BCUT2D eigenvalue weighted by molar-refractivity contribution is -0.151. The SMILES string of the molecule is Cc1ccc(CNC(=O)c2nc3n(c(=O)c2O)[C@@H](C)CCC[C@@H]3N(C)C(=O)C(=O)N(C)C)cc1F. The zero-order valence-corrected chi connectivity index (χ0v) is 20.5. The third-order valence-corrected chi connectivity index (χ3v) is 6.24. The van der Waals surface area contributed by atoms with Gasteiger partial charge in [0.2, 0.25) is 5.75 Å². The molecule has 3 amide bonds. The molecule has 1 aliphatic rings. The Morgan fingerprint density at radius 1 is 1.20 bits per heavy atom. The van der Waals surface area contributed by atoms with E-state index in [9.17, 15) is 28.7 Å². The summed E-state index contributed by atoms with van der Waals surface area (Å²) in [6.45, 7) is 3.35. The molecule has 0 saturated carbocycles. The van der Waals surface area contributed by atoms with Crippen molar-refractivity contribution in [2.24, 2.45) is 0 Å². The third kappa shape index (κ3) is 5.18. The number of likely N-dealkylation sites (N-methyl/N-ethyl adjacent to an activating group) is 2. The van der Waals surface area contributed by atoms with Crippen molar-refractivity contribution >= 4 is 17.7 Å². The van der Waals surface area contributed by atoms with Crippen LogP contribution in [0.1, 0.15) is 65.7 Å². The Morgan fingerprint density at radius 3 is 2.51 bits per heavy atom. The number of nitrogens with one attached hydrogen (secondary N) is 1. The second-order valence-electron chi connectivity index (χ2n) is 9.02. The molecule has 0 spiro atoms. The fraction of sp³-hybridized carbons (Fsp3) is 0.458. The van der Waals surface area contributed by atoms with Gasteiger partial charge in [-0.15, -0.1) is 0 Å². The van der Waals surface area contributed by atoms with E-state index in [2.05, 4.69) is 10.3 Å². The average Bonchev–Trinajstić information content (AvgIpc) is 2.98. The van der Waals surface area contributed by atoms with Crippen LogP contribution in [0.15, 0.2) is 23.0 Å². The first-order chi connectivity index (χ1) is 16.4. The van der Waals surface area contributed by atoms with E-state index in [0.717, 1.165) is 4.90 Å². The van der Waals surface area contributed by atoms with Gasteiger partial charge in [0.15, 0.2) is 5.69 Å². The van der Waals surface area contributed by atoms with Crippen molar-refractivity contribution in [2.75, 3.05) is 21.1 Å². The summed E-state index contributed by atoms with van der Waals surface area (Å²) < 4.78 is 15.1. The quantitative estimate of drug-likeness (QED) is 0.632. The first-order valence-electron chi connectivity index (χ1n) is 11.3. The molecule has 3 rings (SSSR count). The number of nitrogens with zero attached hydrogens (tertiary/aromatic N) is 4. The maximum atomic E-state index is 13.8. The van der Waals surface area contributed by atoms with Crippen LogP contribution < -0.4 is 10.9 Å². The van der Waals surface area contributed by atoms with Crippen molar-refractivity contribution in [2.45, 2.75) is 51.7 Å². The maximum absolute atomic E-state index is 13.8. The van der Waals surface area contributed by atoms with Crippen LogP contribution in [-0.4, -0.2) is 63.3 Å². The molecule has 2 N–H and O–H groups in total. The largest absolute Gasteiger partial charge is 0.501 e. The number of aromatic nitrogens is 2. The van der Waals surface area contributed by atoms with Crippen molar-refractivity contribution in [3.05, 3.63) is 57.0 Å². The van der Waals surface area contributed by atoms with E-state index in [1.807, 2.05) is 0 Å². The van der Waals surface area contributed by atoms with E-state index >= 15 is 0 Å².